The topological polar surface area (TPSA) is 94.8 Å². The Bertz CT molecular complexity index is 1530. The molecule has 0 radical (unpaired) electrons. The second-order valence-corrected chi connectivity index (χ2v) is 9.87. The molecule has 0 fully saturated rings. The van der Waals surface area contributed by atoms with Crippen LogP contribution in [0.5, 0.6) is 5.75 Å². The number of carbonyl (C=O) groups is 2. The number of carbonyl (C=O) groups excluding carboxylic acids is 2. The minimum atomic E-state index is -0.593. The van der Waals surface area contributed by atoms with Crippen LogP contribution in [-0.2, 0) is 14.9 Å². The minimum absolute atomic E-state index is 0.0581. The maximum absolute atomic E-state index is 13.4. The second-order valence-electron chi connectivity index (χ2n) is 9.43. The Morgan fingerprint density at radius 2 is 1.70 bits per heavy atom. The lowest BCUT2D eigenvalue weighted by atomic mass is 9.86. The number of esters is 1. The molecule has 0 saturated heterocycles. The molecule has 37 heavy (non-hydrogen) atoms. The van der Waals surface area contributed by atoms with E-state index in [4.69, 9.17) is 25.5 Å². The fourth-order valence-corrected chi connectivity index (χ4v) is 3.97. The fraction of sp³-hybridized carbons (Fsp3) is 0.207. The van der Waals surface area contributed by atoms with Gasteiger partial charge in [0.25, 0.3) is 5.91 Å². The molecule has 3 aromatic carbocycles. The maximum Gasteiger partial charge on any atom is 0.339 e. The molecule has 0 saturated carbocycles. The van der Waals surface area contributed by atoms with E-state index in [-0.39, 0.29) is 33.6 Å². The summed E-state index contributed by atoms with van der Waals surface area (Å²) in [6.45, 7) is 5.81. The van der Waals surface area contributed by atoms with Gasteiger partial charge >= 0.3 is 5.97 Å². The summed E-state index contributed by atoms with van der Waals surface area (Å²) >= 11 is 6.11. The van der Waals surface area contributed by atoms with Gasteiger partial charge in [0.2, 0.25) is 11.2 Å². The molecule has 0 atom stereocenters. The molecular formula is C29H26ClNO6. The first-order chi connectivity index (χ1) is 17.6. The summed E-state index contributed by atoms with van der Waals surface area (Å²) in [5, 5.41) is 3.22. The van der Waals surface area contributed by atoms with Crippen molar-refractivity contribution in [3.8, 4) is 17.1 Å². The van der Waals surface area contributed by atoms with Crippen LogP contribution in [0, 0.1) is 0 Å². The number of hydrogen-bond acceptors (Lipinski definition) is 6. The van der Waals surface area contributed by atoms with Crippen molar-refractivity contribution in [3.63, 3.8) is 0 Å². The molecule has 0 unspecified atom stereocenters. The standard InChI is InChI=1S/C29H26ClNO6/c1-29(2,3)18-11-9-17(10-12-18)26-27(25(33)21-15-19(30)13-14-23(21)37-26)36-16-24(32)31-22-8-6-5-7-20(22)28(34)35-4/h5-15H,16H2,1-4H3,(H,31,32). The molecule has 4 aromatic rings. The average Bonchev–Trinajstić information content (AvgIpc) is 2.88. The van der Waals surface area contributed by atoms with Crippen LogP contribution in [0.4, 0.5) is 5.69 Å². The maximum atomic E-state index is 13.4. The second kappa shape index (κ2) is 10.5. The zero-order valence-corrected chi connectivity index (χ0v) is 21.6. The van der Waals surface area contributed by atoms with Gasteiger partial charge in [-0.2, -0.15) is 0 Å². The molecule has 190 valence electrons. The van der Waals surface area contributed by atoms with E-state index < -0.39 is 23.9 Å². The van der Waals surface area contributed by atoms with Gasteiger partial charge in [0.05, 0.1) is 23.7 Å². The number of ether oxygens (including phenoxy) is 2. The van der Waals surface area contributed by atoms with Crippen molar-refractivity contribution in [2.45, 2.75) is 26.2 Å². The van der Waals surface area contributed by atoms with Gasteiger partial charge in [0.15, 0.2) is 12.4 Å². The number of nitrogens with one attached hydrogen (secondary N) is 1. The minimum Gasteiger partial charge on any atom is -0.476 e. The Hall–Kier alpha value is -4.10. The van der Waals surface area contributed by atoms with E-state index in [1.807, 2.05) is 24.3 Å². The molecule has 1 aromatic heterocycles. The van der Waals surface area contributed by atoms with Crippen molar-refractivity contribution in [1.29, 1.82) is 0 Å². The van der Waals surface area contributed by atoms with Crippen LogP contribution in [-0.4, -0.2) is 25.6 Å². The van der Waals surface area contributed by atoms with Crippen molar-refractivity contribution in [2.24, 2.45) is 0 Å². The molecule has 7 nitrogen and oxygen atoms in total. The summed E-state index contributed by atoms with van der Waals surface area (Å²) in [4.78, 5) is 38.2. The molecular weight excluding hydrogens is 494 g/mol. The van der Waals surface area contributed by atoms with E-state index in [2.05, 4.69) is 26.1 Å². The van der Waals surface area contributed by atoms with Crippen molar-refractivity contribution in [2.75, 3.05) is 19.0 Å². The molecule has 8 heteroatoms. The van der Waals surface area contributed by atoms with Crippen LogP contribution in [0.15, 0.2) is 75.9 Å². The zero-order valence-electron chi connectivity index (χ0n) is 20.9. The molecule has 1 amide bonds. The molecule has 0 aliphatic heterocycles. The van der Waals surface area contributed by atoms with E-state index in [9.17, 15) is 14.4 Å². The first-order valence-corrected chi connectivity index (χ1v) is 11.9. The largest absolute Gasteiger partial charge is 0.476 e. The number of para-hydroxylation sites is 1. The summed E-state index contributed by atoms with van der Waals surface area (Å²) in [5.41, 5.74) is 2.01. The highest BCUT2D eigenvalue weighted by Gasteiger charge is 2.21. The van der Waals surface area contributed by atoms with Gasteiger partial charge in [-0.15, -0.1) is 0 Å². The van der Waals surface area contributed by atoms with Crippen molar-refractivity contribution in [1.82, 2.24) is 0 Å². The van der Waals surface area contributed by atoms with Crippen LogP contribution in [0.1, 0.15) is 36.7 Å². The fourth-order valence-electron chi connectivity index (χ4n) is 3.80. The lowest BCUT2D eigenvalue weighted by molar-refractivity contribution is -0.118. The smallest absolute Gasteiger partial charge is 0.339 e. The molecule has 1 N–H and O–H groups in total. The van der Waals surface area contributed by atoms with Crippen LogP contribution < -0.4 is 15.5 Å². The van der Waals surface area contributed by atoms with Gasteiger partial charge in [0, 0.05) is 10.6 Å². The Labute approximate surface area is 219 Å². The van der Waals surface area contributed by atoms with Gasteiger partial charge in [-0.3, -0.25) is 9.59 Å². The van der Waals surface area contributed by atoms with E-state index in [0.717, 1.165) is 5.56 Å². The summed E-state index contributed by atoms with van der Waals surface area (Å²) in [6, 6.07) is 18.8. The third-order valence-corrected chi connectivity index (χ3v) is 6.01. The predicted octanol–water partition coefficient (Wildman–Crippen LogP) is 6.22. The van der Waals surface area contributed by atoms with E-state index in [0.29, 0.717) is 16.2 Å². The van der Waals surface area contributed by atoms with Gasteiger partial charge in [-0.25, -0.2) is 4.79 Å². The Morgan fingerprint density at radius 3 is 2.38 bits per heavy atom. The van der Waals surface area contributed by atoms with Gasteiger partial charge in [-0.05, 0) is 41.3 Å². The Balaban J connectivity index is 1.69. The highest BCUT2D eigenvalue weighted by Crippen LogP contribution is 2.33. The number of benzene rings is 3. The van der Waals surface area contributed by atoms with Crippen LogP contribution in [0.3, 0.4) is 0 Å². The average molecular weight is 520 g/mol. The SMILES string of the molecule is COC(=O)c1ccccc1NC(=O)COc1c(-c2ccc(C(C)(C)C)cc2)oc2ccc(Cl)cc2c1=O. The van der Waals surface area contributed by atoms with E-state index >= 15 is 0 Å². The zero-order chi connectivity index (χ0) is 26.7. The first kappa shape index (κ1) is 26.0. The molecule has 0 aliphatic carbocycles. The predicted molar refractivity (Wildman–Crippen MR) is 144 cm³/mol. The van der Waals surface area contributed by atoms with Crippen LogP contribution in [0.2, 0.25) is 5.02 Å². The third kappa shape index (κ3) is 5.67. The van der Waals surface area contributed by atoms with Crippen molar-refractivity contribution in [3.05, 3.63) is 93.1 Å². The number of hydrogen-bond donors (Lipinski definition) is 1. The molecule has 0 aliphatic rings. The highest BCUT2D eigenvalue weighted by molar-refractivity contribution is 6.31. The number of halogens is 1. The van der Waals surface area contributed by atoms with Crippen molar-refractivity contribution >= 4 is 40.1 Å². The molecule has 1 heterocycles. The van der Waals surface area contributed by atoms with Gasteiger partial charge < -0.3 is 19.2 Å². The Morgan fingerprint density at radius 1 is 1.00 bits per heavy atom. The number of amides is 1. The molecule has 0 bridgehead atoms. The Kier molecular flexibility index (Phi) is 7.36. The van der Waals surface area contributed by atoms with E-state index in [1.165, 1.54) is 19.2 Å². The normalized spacial score (nSPS) is 11.3. The van der Waals surface area contributed by atoms with Crippen molar-refractivity contribution < 1.29 is 23.5 Å². The van der Waals surface area contributed by atoms with Gasteiger partial charge in [0.1, 0.15) is 5.58 Å². The monoisotopic (exact) mass is 519 g/mol. The molecule has 4 rings (SSSR count). The summed E-state index contributed by atoms with van der Waals surface area (Å²) in [6.07, 6.45) is 0. The van der Waals surface area contributed by atoms with Gasteiger partial charge in [-0.1, -0.05) is 68.8 Å². The number of anilines is 1. The third-order valence-electron chi connectivity index (χ3n) is 5.78. The number of methoxy groups -OCH3 is 1. The lowest BCUT2D eigenvalue weighted by Crippen LogP contribution is -2.23. The summed E-state index contributed by atoms with van der Waals surface area (Å²) in [7, 11) is 1.25. The summed E-state index contributed by atoms with van der Waals surface area (Å²) in [5.74, 6) is -1.08. The van der Waals surface area contributed by atoms with E-state index in [1.54, 1.807) is 30.3 Å². The highest BCUT2D eigenvalue weighted by atomic mass is 35.5. The number of rotatable bonds is 6. The lowest BCUT2D eigenvalue weighted by Gasteiger charge is -2.19. The van der Waals surface area contributed by atoms with Crippen LogP contribution in [0.25, 0.3) is 22.3 Å². The summed E-state index contributed by atoms with van der Waals surface area (Å²) < 4.78 is 16.6. The first-order valence-electron chi connectivity index (χ1n) is 11.6. The quantitative estimate of drug-likeness (QED) is 0.304. The molecule has 0 spiro atoms. The number of fused-ring (bicyclic) bond motifs is 1. The van der Waals surface area contributed by atoms with Crippen LogP contribution >= 0.6 is 11.6 Å².